The lowest BCUT2D eigenvalue weighted by atomic mass is 10.0. The monoisotopic (exact) mass is 520 g/mol. The van der Waals surface area contributed by atoms with Crippen LogP contribution in [0.5, 0.6) is 0 Å². The molecule has 11 heteroatoms. The van der Waals surface area contributed by atoms with E-state index in [9.17, 15) is 18.8 Å². The fraction of sp³-hybridized carbons (Fsp3) is 0.333. The third-order valence-electron chi connectivity index (χ3n) is 6.82. The van der Waals surface area contributed by atoms with Crippen molar-refractivity contribution in [2.75, 3.05) is 36.9 Å². The summed E-state index contributed by atoms with van der Waals surface area (Å²) in [6.07, 6.45) is 4.82. The van der Waals surface area contributed by atoms with Crippen LogP contribution in [0.4, 0.5) is 15.8 Å². The molecule has 0 spiro atoms. The Morgan fingerprint density at radius 1 is 0.868 bits per heavy atom. The quantitative estimate of drug-likeness (QED) is 0.379. The number of benzene rings is 2. The highest BCUT2D eigenvalue weighted by molar-refractivity contribution is 6.10. The molecule has 2 saturated heterocycles. The lowest BCUT2D eigenvalue weighted by Crippen LogP contribution is -2.52. The predicted molar refractivity (Wildman–Crippen MR) is 139 cm³/mol. The Bertz CT molecular complexity index is 1290. The average molecular weight is 521 g/mol. The Morgan fingerprint density at radius 3 is 2.21 bits per heavy atom. The van der Waals surface area contributed by atoms with Crippen LogP contribution in [0, 0.1) is 5.82 Å². The van der Waals surface area contributed by atoms with Crippen LogP contribution in [-0.2, 0) is 4.74 Å². The van der Waals surface area contributed by atoms with Gasteiger partial charge in [-0.1, -0.05) is 6.42 Å². The van der Waals surface area contributed by atoms with Gasteiger partial charge in [-0.2, -0.15) is 0 Å². The van der Waals surface area contributed by atoms with Crippen molar-refractivity contribution < 1.29 is 23.5 Å². The third kappa shape index (κ3) is 5.90. The van der Waals surface area contributed by atoms with Crippen molar-refractivity contribution in [3.05, 3.63) is 77.6 Å². The number of hydrogen-bond donors (Lipinski definition) is 4. The highest BCUT2D eigenvalue weighted by Gasteiger charge is 2.35. The molecule has 38 heavy (non-hydrogen) atoms. The summed E-state index contributed by atoms with van der Waals surface area (Å²) in [7, 11) is 0. The number of H-pyrrole nitrogens is 1. The Labute approximate surface area is 219 Å². The van der Waals surface area contributed by atoms with E-state index in [1.54, 1.807) is 24.3 Å². The normalized spacial score (nSPS) is 19.6. The number of rotatable bonds is 7. The second-order valence-electron chi connectivity index (χ2n) is 9.40. The van der Waals surface area contributed by atoms with E-state index in [1.165, 1.54) is 37.0 Å². The lowest BCUT2D eigenvalue weighted by molar-refractivity contribution is 0.0886. The van der Waals surface area contributed by atoms with E-state index >= 15 is 0 Å². The summed E-state index contributed by atoms with van der Waals surface area (Å²) in [5, 5.41) is 8.45. The molecule has 0 unspecified atom stereocenters. The second-order valence-corrected chi connectivity index (χ2v) is 9.40. The lowest BCUT2D eigenvalue weighted by Gasteiger charge is -2.34. The maximum atomic E-state index is 13.1. The largest absolute Gasteiger partial charge is 0.378 e. The highest BCUT2D eigenvalue weighted by atomic mass is 19.1. The minimum absolute atomic E-state index is 0.0235. The molecule has 0 aliphatic carbocycles. The Hall–Kier alpha value is -4.09. The van der Waals surface area contributed by atoms with Gasteiger partial charge in [-0.05, 0) is 74.5 Å². The molecule has 2 aromatic carbocycles. The zero-order valence-corrected chi connectivity index (χ0v) is 20.7. The van der Waals surface area contributed by atoms with Gasteiger partial charge in [0, 0.05) is 16.9 Å². The number of nitrogens with one attached hydrogen (secondary N) is 4. The number of likely N-dealkylation sites (tertiary alicyclic amines) is 1. The van der Waals surface area contributed by atoms with Crippen LogP contribution in [0.3, 0.4) is 0 Å². The first-order valence-corrected chi connectivity index (χ1v) is 12.6. The minimum atomic E-state index is -0.547. The summed E-state index contributed by atoms with van der Waals surface area (Å²) in [4.78, 5) is 47.5. The van der Waals surface area contributed by atoms with Gasteiger partial charge in [-0.3, -0.25) is 19.3 Å². The summed E-state index contributed by atoms with van der Waals surface area (Å²) in [5.41, 5.74) is 1.33. The summed E-state index contributed by atoms with van der Waals surface area (Å²) in [6, 6.07) is 11.6. The molecule has 0 bridgehead atoms. The first-order chi connectivity index (χ1) is 18.5. The number of nitrogens with zero attached hydrogens (tertiary/aromatic N) is 2. The molecule has 3 amide bonds. The first kappa shape index (κ1) is 25.6. The molecule has 2 aliphatic rings. The summed E-state index contributed by atoms with van der Waals surface area (Å²) in [5.74, 6) is -1.77. The van der Waals surface area contributed by atoms with Crippen LogP contribution in [-0.4, -0.2) is 71.0 Å². The van der Waals surface area contributed by atoms with Gasteiger partial charge in [-0.25, -0.2) is 9.37 Å². The number of hydrogen-bond acceptors (Lipinski definition) is 6. The van der Waals surface area contributed by atoms with Crippen molar-refractivity contribution >= 4 is 29.1 Å². The first-order valence-electron chi connectivity index (χ1n) is 12.6. The number of ether oxygens (including phenoxy) is 1. The molecule has 2 atom stereocenters. The van der Waals surface area contributed by atoms with Crippen molar-refractivity contribution in [2.24, 2.45) is 0 Å². The molecule has 2 aliphatic heterocycles. The van der Waals surface area contributed by atoms with Crippen LogP contribution in [0.25, 0.3) is 0 Å². The van der Waals surface area contributed by atoms with Crippen molar-refractivity contribution in [1.29, 1.82) is 0 Å². The van der Waals surface area contributed by atoms with Crippen LogP contribution >= 0.6 is 0 Å². The molecule has 0 saturated carbocycles. The molecular weight excluding hydrogens is 491 g/mol. The molecule has 0 radical (unpaired) electrons. The van der Waals surface area contributed by atoms with E-state index in [0.29, 0.717) is 30.2 Å². The standard InChI is InChI=1S/C27H29FN6O4/c28-18-6-4-17(5-7-18)25(35)31-19-8-10-20(11-9-19)32-26(36)23-24(30-16-29-23)27(37)33-21-14-38-15-22(21)34-12-2-1-3-13-34/h4-11,16,21-22H,1-3,12-15H2,(H,29,30)(H,31,35)(H,32,36)(H,33,37)/t21-,22-/m0/s1. The molecular formula is C27H29FN6O4. The molecule has 198 valence electrons. The van der Waals surface area contributed by atoms with E-state index in [2.05, 4.69) is 30.8 Å². The summed E-state index contributed by atoms with van der Waals surface area (Å²) >= 11 is 0. The number of piperidine rings is 1. The van der Waals surface area contributed by atoms with Gasteiger partial charge in [0.1, 0.15) is 11.5 Å². The number of carbonyl (C=O) groups is 3. The van der Waals surface area contributed by atoms with Gasteiger partial charge in [0.15, 0.2) is 5.69 Å². The SMILES string of the molecule is O=C(Nc1ccc(NC(=O)c2nc[nH]c2C(=O)N[C@H]2COC[C@@H]2N2CCCCC2)cc1)c1ccc(F)cc1. The number of aromatic amines is 1. The number of imidazole rings is 1. The van der Waals surface area contributed by atoms with Gasteiger partial charge < -0.3 is 25.7 Å². The summed E-state index contributed by atoms with van der Waals surface area (Å²) < 4.78 is 18.7. The Kier molecular flexibility index (Phi) is 7.75. The van der Waals surface area contributed by atoms with Gasteiger partial charge in [-0.15, -0.1) is 0 Å². The van der Waals surface area contributed by atoms with E-state index in [-0.39, 0.29) is 29.4 Å². The van der Waals surface area contributed by atoms with Crippen molar-refractivity contribution in [3.63, 3.8) is 0 Å². The van der Waals surface area contributed by atoms with Crippen molar-refractivity contribution in [3.8, 4) is 0 Å². The molecule has 4 N–H and O–H groups in total. The van der Waals surface area contributed by atoms with E-state index in [1.807, 2.05) is 0 Å². The maximum Gasteiger partial charge on any atom is 0.276 e. The van der Waals surface area contributed by atoms with E-state index < -0.39 is 17.6 Å². The van der Waals surface area contributed by atoms with Crippen LogP contribution < -0.4 is 16.0 Å². The molecule has 10 nitrogen and oxygen atoms in total. The van der Waals surface area contributed by atoms with Crippen molar-refractivity contribution in [2.45, 2.75) is 31.3 Å². The Morgan fingerprint density at radius 2 is 1.53 bits per heavy atom. The van der Waals surface area contributed by atoms with Gasteiger partial charge in [0.25, 0.3) is 17.7 Å². The molecule has 3 aromatic rings. The molecule has 5 rings (SSSR count). The third-order valence-corrected chi connectivity index (χ3v) is 6.82. The number of aromatic nitrogens is 2. The zero-order valence-electron chi connectivity index (χ0n) is 20.7. The fourth-order valence-corrected chi connectivity index (χ4v) is 4.80. The minimum Gasteiger partial charge on any atom is -0.378 e. The highest BCUT2D eigenvalue weighted by Crippen LogP contribution is 2.20. The average Bonchev–Trinajstić information content (AvgIpc) is 3.61. The van der Waals surface area contributed by atoms with Crippen LogP contribution in [0.2, 0.25) is 0 Å². The number of anilines is 2. The Balaban J connectivity index is 1.18. The predicted octanol–water partition coefficient (Wildman–Crippen LogP) is 3.04. The van der Waals surface area contributed by atoms with Crippen LogP contribution in [0.1, 0.15) is 50.6 Å². The van der Waals surface area contributed by atoms with E-state index in [0.717, 1.165) is 25.9 Å². The molecule has 2 fully saturated rings. The topological polar surface area (TPSA) is 128 Å². The molecule has 1 aromatic heterocycles. The smallest absolute Gasteiger partial charge is 0.276 e. The zero-order chi connectivity index (χ0) is 26.5. The maximum absolute atomic E-state index is 13.1. The summed E-state index contributed by atoms with van der Waals surface area (Å²) in [6.45, 7) is 2.98. The number of halogens is 1. The fourth-order valence-electron chi connectivity index (χ4n) is 4.80. The number of carbonyl (C=O) groups excluding carboxylic acids is 3. The van der Waals surface area contributed by atoms with E-state index in [4.69, 9.17) is 4.74 Å². The van der Waals surface area contributed by atoms with Crippen molar-refractivity contribution in [1.82, 2.24) is 20.2 Å². The van der Waals surface area contributed by atoms with Gasteiger partial charge >= 0.3 is 0 Å². The molecule has 3 heterocycles. The van der Waals surface area contributed by atoms with Gasteiger partial charge in [0.05, 0.1) is 31.6 Å². The van der Waals surface area contributed by atoms with Crippen LogP contribution in [0.15, 0.2) is 54.9 Å². The van der Waals surface area contributed by atoms with Gasteiger partial charge in [0.2, 0.25) is 0 Å². The number of amides is 3. The second kappa shape index (κ2) is 11.5.